The van der Waals surface area contributed by atoms with Gasteiger partial charge in [0, 0.05) is 39.3 Å². The van der Waals surface area contributed by atoms with E-state index in [0.29, 0.717) is 6.04 Å². The van der Waals surface area contributed by atoms with Crippen LogP contribution in [0.15, 0.2) is 24.3 Å². The van der Waals surface area contributed by atoms with Crippen LogP contribution in [-0.2, 0) is 0 Å². The van der Waals surface area contributed by atoms with Crippen molar-refractivity contribution in [1.82, 2.24) is 5.32 Å². The van der Waals surface area contributed by atoms with E-state index in [1.54, 1.807) is 0 Å². The Morgan fingerprint density at radius 1 is 1.19 bits per heavy atom. The van der Waals surface area contributed by atoms with Gasteiger partial charge in [-0.25, -0.2) is 0 Å². The van der Waals surface area contributed by atoms with Gasteiger partial charge in [-0.05, 0) is 18.6 Å². The number of hydrogen-bond donors (Lipinski definition) is 1. The second-order valence-corrected chi connectivity index (χ2v) is 4.75. The van der Waals surface area contributed by atoms with Crippen molar-refractivity contribution in [2.45, 2.75) is 12.5 Å². The van der Waals surface area contributed by atoms with Crippen LogP contribution in [0, 0.1) is 0 Å². The third kappa shape index (κ3) is 1.55. The van der Waals surface area contributed by atoms with Crippen molar-refractivity contribution in [3.63, 3.8) is 0 Å². The van der Waals surface area contributed by atoms with Crippen molar-refractivity contribution in [2.75, 3.05) is 43.0 Å². The van der Waals surface area contributed by atoms with Gasteiger partial charge >= 0.3 is 0 Å². The molecule has 0 amide bonds. The monoisotopic (exact) mass is 217 g/mol. The molecule has 3 rings (SSSR count). The van der Waals surface area contributed by atoms with Gasteiger partial charge in [0.2, 0.25) is 0 Å². The fraction of sp³-hybridized carbons (Fsp3) is 0.538. The summed E-state index contributed by atoms with van der Waals surface area (Å²) in [6.07, 6.45) is 1.25. The van der Waals surface area contributed by atoms with E-state index in [1.807, 2.05) is 0 Å². The van der Waals surface area contributed by atoms with Gasteiger partial charge in [-0.15, -0.1) is 0 Å². The van der Waals surface area contributed by atoms with Crippen LogP contribution in [0.25, 0.3) is 0 Å². The summed E-state index contributed by atoms with van der Waals surface area (Å²) in [6, 6.07) is 9.45. The van der Waals surface area contributed by atoms with Crippen LogP contribution in [0.5, 0.6) is 0 Å². The largest absolute Gasteiger partial charge is 0.373 e. The lowest BCUT2D eigenvalue weighted by molar-refractivity contribution is 0.462. The number of piperazine rings is 1. The molecule has 0 saturated carbocycles. The SMILES string of the molecule is CN1CCC2CNCCN2c2ccccc21. The topological polar surface area (TPSA) is 18.5 Å². The summed E-state index contributed by atoms with van der Waals surface area (Å²) in [5, 5.41) is 3.50. The van der Waals surface area contributed by atoms with Gasteiger partial charge in [-0.1, -0.05) is 12.1 Å². The molecule has 16 heavy (non-hydrogen) atoms. The minimum Gasteiger partial charge on any atom is -0.373 e. The Kier molecular flexibility index (Phi) is 2.48. The highest BCUT2D eigenvalue weighted by Gasteiger charge is 2.27. The molecular formula is C13H19N3. The Balaban J connectivity index is 2.03. The molecule has 3 heteroatoms. The van der Waals surface area contributed by atoms with E-state index >= 15 is 0 Å². The van der Waals surface area contributed by atoms with E-state index in [4.69, 9.17) is 0 Å². The number of para-hydroxylation sites is 2. The van der Waals surface area contributed by atoms with Crippen molar-refractivity contribution in [1.29, 1.82) is 0 Å². The number of nitrogens with one attached hydrogen (secondary N) is 1. The lowest BCUT2D eigenvalue weighted by Gasteiger charge is -2.37. The van der Waals surface area contributed by atoms with Gasteiger partial charge in [0.05, 0.1) is 11.4 Å². The lowest BCUT2D eigenvalue weighted by Crippen LogP contribution is -2.51. The molecule has 1 fully saturated rings. The zero-order valence-corrected chi connectivity index (χ0v) is 9.82. The second-order valence-electron chi connectivity index (χ2n) is 4.75. The first-order valence-electron chi connectivity index (χ1n) is 6.14. The molecule has 1 N–H and O–H groups in total. The molecule has 2 heterocycles. The van der Waals surface area contributed by atoms with E-state index in [0.717, 1.165) is 26.2 Å². The second kappa shape index (κ2) is 3.98. The molecule has 0 aromatic heterocycles. The highest BCUT2D eigenvalue weighted by molar-refractivity contribution is 5.72. The standard InChI is InChI=1S/C13H19N3/c1-15-8-6-11-10-14-7-9-16(11)13-5-3-2-4-12(13)15/h2-5,11,14H,6-10H2,1H3. The molecule has 2 aliphatic rings. The molecule has 0 radical (unpaired) electrons. The van der Waals surface area contributed by atoms with Crippen molar-refractivity contribution in [2.24, 2.45) is 0 Å². The van der Waals surface area contributed by atoms with Gasteiger partial charge in [0.25, 0.3) is 0 Å². The molecule has 1 saturated heterocycles. The third-order valence-electron chi connectivity index (χ3n) is 3.75. The Morgan fingerprint density at radius 2 is 2.00 bits per heavy atom. The van der Waals surface area contributed by atoms with Crippen LogP contribution in [0.4, 0.5) is 11.4 Å². The highest BCUT2D eigenvalue weighted by Crippen LogP contribution is 2.33. The number of fused-ring (bicyclic) bond motifs is 3. The summed E-state index contributed by atoms with van der Waals surface area (Å²) in [5.74, 6) is 0. The number of rotatable bonds is 0. The molecule has 1 aromatic carbocycles. The number of nitrogens with zero attached hydrogens (tertiary/aromatic N) is 2. The summed E-state index contributed by atoms with van der Waals surface area (Å²) in [7, 11) is 2.20. The zero-order chi connectivity index (χ0) is 11.0. The van der Waals surface area contributed by atoms with Gasteiger partial charge in [0.15, 0.2) is 0 Å². The summed E-state index contributed by atoms with van der Waals surface area (Å²) in [5.41, 5.74) is 2.79. The molecule has 0 bridgehead atoms. The fourth-order valence-corrected chi connectivity index (χ4v) is 2.83. The molecule has 86 valence electrons. The average molecular weight is 217 g/mol. The minimum absolute atomic E-state index is 0.667. The Labute approximate surface area is 97.0 Å². The fourth-order valence-electron chi connectivity index (χ4n) is 2.83. The molecule has 1 unspecified atom stereocenters. The summed E-state index contributed by atoms with van der Waals surface area (Å²) in [6.45, 7) is 4.52. The summed E-state index contributed by atoms with van der Waals surface area (Å²) >= 11 is 0. The maximum absolute atomic E-state index is 3.50. The van der Waals surface area contributed by atoms with Crippen molar-refractivity contribution in [3.05, 3.63) is 24.3 Å². The first-order valence-corrected chi connectivity index (χ1v) is 6.14. The minimum atomic E-state index is 0.667. The van der Waals surface area contributed by atoms with E-state index < -0.39 is 0 Å². The first kappa shape index (κ1) is 9.97. The quantitative estimate of drug-likeness (QED) is 0.707. The van der Waals surface area contributed by atoms with E-state index in [2.05, 4.69) is 46.4 Å². The number of hydrogen-bond acceptors (Lipinski definition) is 3. The Morgan fingerprint density at radius 3 is 2.88 bits per heavy atom. The summed E-state index contributed by atoms with van der Waals surface area (Å²) in [4.78, 5) is 4.96. The molecule has 1 aromatic rings. The normalized spacial score (nSPS) is 24.7. The molecule has 3 nitrogen and oxygen atoms in total. The summed E-state index contributed by atoms with van der Waals surface area (Å²) < 4.78 is 0. The van der Waals surface area contributed by atoms with Crippen LogP contribution in [0.1, 0.15) is 6.42 Å². The van der Waals surface area contributed by atoms with Crippen LogP contribution >= 0.6 is 0 Å². The highest BCUT2D eigenvalue weighted by atomic mass is 15.3. The zero-order valence-electron chi connectivity index (χ0n) is 9.82. The molecule has 2 aliphatic heterocycles. The van der Waals surface area contributed by atoms with Crippen molar-refractivity contribution in [3.8, 4) is 0 Å². The maximum Gasteiger partial charge on any atom is 0.0607 e. The number of benzene rings is 1. The van der Waals surface area contributed by atoms with Crippen LogP contribution in [0.3, 0.4) is 0 Å². The predicted octanol–water partition coefficient (Wildman–Crippen LogP) is 1.30. The van der Waals surface area contributed by atoms with E-state index in [-0.39, 0.29) is 0 Å². The smallest absolute Gasteiger partial charge is 0.0607 e. The lowest BCUT2D eigenvalue weighted by atomic mass is 10.1. The Hall–Kier alpha value is -1.22. The van der Waals surface area contributed by atoms with Crippen LogP contribution in [0.2, 0.25) is 0 Å². The predicted molar refractivity (Wildman–Crippen MR) is 68.3 cm³/mol. The van der Waals surface area contributed by atoms with E-state index in [1.165, 1.54) is 17.8 Å². The average Bonchev–Trinajstić information content (AvgIpc) is 2.49. The molecule has 1 atom stereocenters. The number of anilines is 2. The van der Waals surface area contributed by atoms with Gasteiger partial charge in [0.1, 0.15) is 0 Å². The third-order valence-corrected chi connectivity index (χ3v) is 3.75. The molecule has 0 spiro atoms. The van der Waals surface area contributed by atoms with Gasteiger partial charge in [-0.3, -0.25) is 0 Å². The van der Waals surface area contributed by atoms with Crippen LogP contribution in [-0.4, -0.2) is 39.3 Å². The van der Waals surface area contributed by atoms with Crippen molar-refractivity contribution >= 4 is 11.4 Å². The van der Waals surface area contributed by atoms with Gasteiger partial charge in [-0.2, -0.15) is 0 Å². The van der Waals surface area contributed by atoms with Crippen molar-refractivity contribution < 1.29 is 0 Å². The van der Waals surface area contributed by atoms with E-state index in [9.17, 15) is 0 Å². The Bertz CT molecular complexity index is 377. The van der Waals surface area contributed by atoms with Crippen LogP contribution < -0.4 is 15.1 Å². The molecular weight excluding hydrogens is 198 g/mol. The molecule has 0 aliphatic carbocycles. The van der Waals surface area contributed by atoms with Gasteiger partial charge < -0.3 is 15.1 Å². The first-order chi connectivity index (χ1) is 7.86. The maximum atomic E-state index is 3.50.